The summed E-state index contributed by atoms with van der Waals surface area (Å²) in [6.45, 7) is 0.454. The molecule has 2 N–H and O–H groups in total. The fourth-order valence-electron chi connectivity index (χ4n) is 2.25. The van der Waals surface area contributed by atoms with Crippen molar-refractivity contribution in [1.29, 1.82) is 5.26 Å². The maximum absolute atomic E-state index is 11.8. The Balaban J connectivity index is 2.42. The summed E-state index contributed by atoms with van der Waals surface area (Å²) in [6.07, 6.45) is 4.07. The van der Waals surface area contributed by atoms with Crippen LogP contribution in [0.2, 0.25) is 0 Å². The molecule has 94 valence electrons. The van der Waals surface area contributed by atoms with Gasteiger partial charge in [0.2, 0.25) is 5.91 Å². The van der Waals surface area contributed by atoms with Crippen LogP contribution < -0.4 is 5.32 Å². The fourth-order valence-corrected chi connectivity index (χ4v) is 2.25. The van der Waals surface area contributed by atoms with Crippen LogP contribution in [0.3, 0.4) is 0 Å². The number of aliphatic carboxylic acids is 1. The highest BCUT2D eigenvalue weighted by Crippen LogP contribution is 2.30. The molecule has 1 aliphatic carbocycles. The van der Waals surface area contributed by atoms with Gasteiger partial charge in [-0.1, -0.05) is 12.8 Å². The monoisotopic (exact) mass is 238 g/mol. The van der Waals surface area contributed by atoms with Gasteiger partial charge in [-0.3, -0.25) is 9.59 Å². The van der Waals surface area contributed by atoms with Gasteiger partial charge in [0.25, 0.3) is 0 Å². The molecular weight excluding hydrogens is 220 g/mol. The average Bonchev–Trinajstić information content (AvgIpc) is 2.34. The van der Waals surface area contributed by atoms with Gasteiger partial charge < -0.3 is 10.4 Å². The second-order valence-corrected chi connectivity index (χ2v) is 4.39. The number of nitrogens with one attached hydrogen (secondary N) is 1. The van der Waals surface area contributed by atoms with E-state index in [-0.39, 0.29) is 5.91 Å². The lowest BCUT2D eigenvalue weighted by atomic mass is 9.78. The lowest BCUT2D eigenvalue weighted by molar-refractivity contribution is -0.148. The lowest BCUT2D eigenvalue weighted by Crippen LogP contribution is -2.40. The number of unbranched alkanes of at least 4 members (excludes halogenated alkanes) is 1. The van der Waals surface area contributed by atoms with E-state index in [0.717, 1.165) is 12.8 Å². The van der Waals surface area contributed by atoms with Gasteiger partial charge in [0.1, 0.15) is 0 Å². The summed E-state index contributed by atoms with van der Waals surface area (Å²) in [5.74, 6) is -1.99. The van der Waals surface area contributed by atoms with Crippen molar-refractivity contribution in [1.82, 2.24) is 5.32 Å². The summed E-state index contributed by atoms with van der Waals surface area (Å²) >= 11 is 0. The van der Waals surface area contributed by atoms with Crippen molar-refractivity contribution in [3.63, 3.8) is 0 Å². The van der Waals surface area contributed by atoms with Crippen LogP contribution in [0, 0.1) is 23.2 Å². The van der Waals surface area contributed by atoms with Crippen LogP contribution in [0.25, 0.3) is 0 Å². The molecule has 1 amide bonds. The summed E-state index contributed by atoms with van der Waals surface area (Å²) in [6, 6.07) is 2.00. The molecule has 1 rings (SSSR count). The second-order valence-electron chi connectivity index (χ2n) is 4.39. The Morgan fingerprint density at radius 3 is 2.53 bits per heavy atom. The molecule has 5 heteroatoms. The van der Waals surface area contributed by atoms with Crippen molar-refractivity contribution in [3.8, 4) is 6.07 Å². The fraction of sp³-hybridized carbons (Fsp3) is 0.750. The van der Waals surface area contributed by atoms with E-state index in [1.807, 2.05) is 6.07 Å². The van der Waals surface area contributed by atoms with Crippen LogP contribution in [0.5, 0.6) is 0 Å². The van der Waals surface area contributed by atoms with Crippen molar-refractivity contribution >= 4 is 11.9 Å². The van der Waals surface area contributed by atoms with Crippen LogP contribution in [-0.2, 0) is 9.59 Å². The Labute approximate surface area is 101 Å². The summed E-state index contributed by atoms with van der Waals surface area (Å²) in [4.78, 5) is 22.8. The number of carboxylic acids is 1. The first-order valence-electron chi connectivity index (χ1n) is 6.04. The predicted octanol–water partition coefficient (Wildman–Crippen LogP) is 1.30. The zero-order valence-electron chi connectivity index (χ0n) is 9.82. The van der Waals surface area contributed by atoms with Gasteiger partial charge in [-0.2, -0.15) is 5.26 Å². The molecule has 0 saturated heterocycles. The minimum Gasteiger partial charge on any atom is -0.481 e. The molecule has 0 aromatic rings. The topological polar surface area (TPSA) is 90.2 Å². The molecule has 0 radical (unpaired) electrons. The molecular formula is C12H18N2O3. The highest BCUT2D eigenvalue weighted by Gasteiger charge is 2.35. The van der Waals surface area contributed by atoms with E-state index >= 15 is 0 Å². The number of hydrogen-bond acceptors (Lipinski definition) is 3. The van der Waals surface area contributed by atoms with Crippen LogP contribution in [0.1, 0.15) is 38.5 Å². The van der Waals surface area contributed by atoms with Gasteiger partial charge in [-0.15, -0.1) is 0 Å². The summed E-state index contributed by atoms with van der Waals surface area (Å²) < 4.78 is 0. The van der Waals surface area contributed by atoms with E-state index < -0.39 is 17.8 Å². The predicted molar refractivity (Wildman–Crippen MR) is 60.9 cm³/mol. The normalized spacial score (nSPS) is 23.7. The Bertz CT molecular complexity index is 322. The molecule has 0 heterocycles. The van der Waals surface area contributed by atoms with Gasteiger partial charge in [-0.25, -0.2) is 0 Å². The Hall–Kier alpha value is -1.57. The summed E-state index contributed by atoms with van der Waals surface area (Å²) in [5, 5.41) is 20.1. The number of nitriles is 1. The molecule has 2 atom stereocenters. The van der Waals surface area contributed by atoms with E-state index in [1.165, 1.54) is 0 Å². The molecule has 0 aromatic heterocycles. The number of carbonyl (C=O) groups excluding carboxylic acids is 1. The first kappa shape index (κ1) is 13.5. The lowest BCUT2D eigenvalue weighted by Gasteiger charge is -2.27. The van der Waals surface area contributed by atoms with Crippen LogP contribution in [0.4, 0.5) is 0 Å². The number of carbonyl (C=O) groups is 2. The first-order chi connectivity index (χ1) is 8.16. The standard InChI is InChI=1S/C12H18N2O3/c13-7-3-4-8-14-11(15)9-5-1-2-6-10(9)12(16)17/h9-10H,1-6,8H2,(H,14,15)(H,16,17)/t9-,10+/m1/s1. The molecule has 1 fully saturated rings. The third kappa shape index (κ3) is 4.06. The number of hydrogen-bond donors (Lipinski definition) is 2. The number of amides is 1. The molecule has 1 saturated carbocycles. The van der Waals surface area contributed by atoms with Gasteiger partial charge in [0, 0.05) is 13.0 Å². The number of carboxylic acid groups (broad SMARTS) is 1. The van der Waals surface area contributed by atoms with E-state index in [9.17, 15) is 9.59 Å². The molecule has 0 bridgehead atoms. The van der Waals surface area contributed by atoms with E-state index in [4.69, 9.17) is 10.4 Å². The Morgan fingerprint density at radius 1 is 1.29 bits per heavy atom. The minimum absolute atomic E-state index is 0.171. The zero-order valence-corrected chi connectivity index (χ0v) is 9.82. The first-order valence-corrected chi connectivity index (χ1v) is 6.04. The quantitative estimate of drug-likeness (QED) is 0.706. The highest BCUT2D eigenvalue weighted by molar-refractivity contribution is 5.84. The molecule has 0 aromatic carbocycles. The SMILES string of the molecule is N#CCCCNC(=O)[C@@H]1CCCC[C@@H]1C(=O)O. The summed E-state index contributed by atoms with van der Waals surface area (Å²) in [7, 11) is 0. The van der Waals surface area contributed by atoms with Crippen molar-refractivity contribution in [2.24, 2.45) is 11.8 Å². The van der Waals surface area contributed by atoms with Crippen LogP contribution in [0.15, 0.2) is 0 Å². The largest absolute Gasteiger partial charge is 0.481 e. The third-order valence-corrected chi connectivity index (χ3v) is 3.18. The number of rotatable bonds is 5. The molecule has 17 heavy (non-hydrogen) atoms. The second kappa shape index (κ2) is 6.89. The van der Waals surface area contributed by atoms with Crippen LogP contribution >= 0.6 is 0 Å². The minimum atomic E-state index is -0.873. The smallest absolute Gasteiger partial charge is 0.307 e. The van der Waals surface area contributed by atoms with Gasteiger partial charge in [-0.05, 0) is 19.3 Å². The van der Waals surface area contributed by atoms with Crippen molar-refractivity contribution in [2.45, 2.75) is 38.5 Å². The average molecular weight is 238 g/mol. The maximum Gasteiger partial charge on any atom is 0.307 e. The van der Waals surface area contributed by atoms with Gasteiger partial charge in [0.05, 0.1) is 17.9 Å². The molecule has 0 spiro atoms. The molecule has 1 aliphatic rings. The molecule has 5 nitrogen and oxygen atoms in total. The van der Waals surface area contributed by atoms with Crippen molar-refractivity contribution in [2.75, 3.05) is 6.54 Å². The van der Waals surface area contributed by atoms with E-state index in [1.54, 1.807) is 0 Å². The van der Waals surface area contributed by atoms with E-state index in [0.29, 0.717) is 32.2 Å². The maximum atomic E-state index is 11.8. The van der Waals surface area contributed by atoms with E-state index in [2.05, 4.69) is 5.32 Å². The number of nitrogens with zero attached hydrogens (tertiary/aromatic N) is 1. The van der Waals surface area contributed by atoms with Crippen LogP contribution in [-0.4, -0.2) is 23.5 Å². The van der Waals surface area contributed by atoms with Gasteiger partial charge >= 0.3 is 5.97 Å². The zero-order chi connectivity index (χ0) is 12.7. The third-order valence-electron chi connectivity index (χ3n) is 3.18. The highest BCUT2D eigenvalue weighted by atomic mass is 16.4. The Kier molecular flexibility index (Phi) is 5.47. The molecule has 0 unspecified atom stereocenters. The molecule has 0 aliphatic heterocycles. The van der Waals surface area contributed by atoms with Gasteiger partial charge in [0.15, 0.2) is 0 Å². The van der Waals surface area contributed by atoms with Crippen molar-refractivity contribution in [3.05, 3.63) is 0 Å². The van der Waals surface area contributed by atoms with Crippen molar-refractivity contribution < 1.29 is 14.7 Å². The summed E-state index contributed by atoms with van der Waals surface area (Å²) in [5.41, 5.74) is 0. The Morgan fingerprint density at radius 2 is 1.94 bits per heavy atom.